The van der Waals surface area contributed by atoms with Crippen molar-refractivity contribution in [3.8, 4) is 0 Å². The lowest BCUT2D eigenvalue weighted by Gasteiger charge is -1.98. The molecular formula is C11H9Cl2NS2. The number of halogens is 2. The van der Waals surface area contributed by atoms with Gasteiger partial charge in [0.1, 0.15) is 5.01 Å². The number of hydrogen-bond donors (Lipinski definition) is 0. The van der Waals surface area contributed by atoms with Crippen molar-refractivity contribution in [2.45, 2.75) is 16.5 Å². The van der Waals surface area contributed by atoms with Crippen molar-refractivity contribution in [1.82, 2.24) is 4.98 Å². The van der Waals surface area contributed by atoms with Gasteiger partial charge in [0.15, 0.2) is 0 Å². The second-order valence-corrected chi connectivity index (χ2v) is 5.80. The Hall–Kier alpha value is -0.220. The maximum Gasteiger partial charge on any atom is 0.103 e. The summed E-state index contributed by atoms with van der Waals surface area (Å²) in [6, 6.07) is 7.83. The van der Waals surface area contributed by atoms with Crippen LogP contribution in [0.15, 0.2) is 34.5 Å². The first-order valence-electron chi connectivity index (χ1n) is 4.65. The first kappa shape index (κ1) is 12.2. The molecule has 0 spiro atoms. The molecule has 0 bridgehead atoms. The van der Waals surface area contributed by atoms with Crippen LogP contribution in [-0.4, -0.2) is 4.98 Å². The van der Waals surface area contributed by atoms with Crippen molar-refractivity contribution in [2.75, 3.05) is 0 Å². The molecule has 0 radical (unpaired) electrons. The van der Waals surface area contributed by atoms with Crippen LogP contribution in [0.5, 0.6) is 0 Å². The van der Waals surface area contributed by atoms with Gasteiger partial charge >= 0.3 is 0 Å². The third-order valence-corrected chi connectivity index (χ3v) is 4.54. The summed E-state index contributed by atoms with van der Waals surface area (Å²) in [5.74, 6) is 1.37. The number of aromatic nitrogens is 1. The van der Waals surface area contributed by atoms with E-state index in [1.165, 1.54) is 4.90 Å². The van der Waals surface area contributed by atoms with Crippen LogP contribution in [0, 0.1) is 0 Å². The molecule has 0 aliphatic carbocycles. The molecule has 0 amide bonds. The molecule has 5 heteroatoms. The third kappa shape index (κ3) is 3.39. The van der Waals surface area contributed by atoms with E-state index in [4.69, 9.17) is 23.2 Å². The van der Waals surface area contributed by atoms with Gasteiger partial charge in [-0.3, -0.25) is 0 Å². The summed E-state index contributed by atoms with van der Waals surface area (Å²) in [4.78, 5) is 5.60. The highest BCUT2D eigenvalue weighted by atomic mass is 35.5. The highest BCUT2D eigenvalue weighted by Gasteiger charge is 2.02. The second-order valence-electron chi connectivity index (χ2n) is 3.11. The summed E-state index contributed by atoms with van der Waals surface area (Å²) in [5.41, 5.74) is 0.957. The second kappa shape index (κ2) is 5.92. The van der Waals surface area contributed by atoms with Gasteiger partial charge in [-0.2, -0.15) is 0 Å². The van der Waals surface area contributed by atoms with Crippen molar-refractivity contribution in [3.05, 3.63) is 45.4 Å². The number of thioether (sulfide) groups is 1. The summed E-state index contributed by atoms with van der Waals surface area (Å²) >= 11 is 14.9. The Labute approximate surface area is 113 Å². The molecule has 0 N–H and O–H groups in total. The van der Waals surface area contributed by atoms with Gasteiger partial charge in [0.2, 0.25) is 0 Å². The molecule has 2 aromatic rings. The molecular weight excluding hydrogens is 281 g/mol. The van der Waals surface area contributed by atoms with Crippen molar-refractivity contribution in [3.63, 3.8) is 0 Å². The number of thiazole rings is 1. The topological polar surface area (TPSA) is 12.9 Å². The zero-order valence-corrected chi connectivity index (χ0v) is 11.5. The van der Waals surface area contributed by atoms with Gasteiger partial charge in [-0.1, -0.05) is 11.6 Å². The van der Waals surface area contributed by atoms with Crippen LogP contribution in [0.1, 0.15) is 10.7 Å². The highest BCUT2D eigenvalue weighted by Crippen LogP contribution is 2.25. The van der Waals surface area contributed by atoms with Gasteiger partial charge in [-0.25, -0.2) is 4.98 Å². The fourth-order valence-electron chi connectivity index (χ4n) is 1.15. The zero-order chi connectivity index (χ0) is 11.4. The van der Waals surface area contributed by atoms with Crippen LogP contribution in [0.2, 0.25) is 5.02 Å². The number of rotatable bonds is 4. The number of alkyl halides is 1. The SMILES string of the molecule is ClCc1csc(CSc2ccc(Cl)cc2)n1. The van der Waals surface area contributed by atoms with E-state index in [1.807, 2.05) is 29.6 Å². The molecule has 1 aromatic heterocycles. The van der Waals surface area contributed by atoms with E-state index in [0.717, 1.165) is 21.5 Å². The standard InChI is InChI=1S/C11H9Cl2NS2/c12-5-9-6-16-11(14-9)7-15-10-3-1-8(13)2-4-10/h1-4,6H,5,7H2. The Morgan fingerprint density at radius 3 is 2.62 bits per heavy atom. The summed E-state index contributed by atoms with van der Waals surface area (Å²) in [7, 11) is 0. The molecule has 84 valence electrons. The lowest BCUT2D eigenvalue weighted by molar-refractivity contribution is 1.16. The monoisotopic (exact) mass is 289 g/mol. The molecule has 1 heterocycles. The molecule has 0 fully saturated rings. The first-order valence-corrected chi connectivity index (χ1v) is 7.43. The maximum atomic E-state index is 5.82. The molecule has 0 saturated heterocycles. The van der Waals surface area contributed by atoms with E-state index in [2.05, 4.69) is 4.98 Å². The Morgan fingerprint density at radius 2 is 2.00 bits per heavy atom. The van der Waals surface area contributed by atoms with Gasteiger partial charge in [0.25, 0.3) is 0 Å². The molecule has 1 aromatic carbocycles. The van der Waals surface area contributed by atoms with E-state index in [1.54, 1.807) is 23.1 Å². The Morgan fingerprint density at radius 1 is 1.25 bits per heavy atom. The van der Waals surface area contributed by atoms with Crippen LogP contribution in [0.4, 0.5) is 0 Å². The number of benzene rings is 1. The van der Waals surface area contributed by atoms with Crippen molar-refractivity contribution < 1.29 is 0 Å². The van der Waals surface area contributed by atoms with Gasteiger partial charge in [-0.05, 0) is 24.3 Å². The summed E-state index contributed by atoms with van der Waals surface area (Å²) in [6.45, 7) is 0. The smallest absolute Gasteiger partial charge is 0.103 e. The largest absolute Gasteiger partial charge is 0.244 e. The predicted molar refractivity (Wildman–Crippen MR) is 72.7 cm³/mol. The predicted octanol–water partition coefficient (Wildman–Crippen LogP) is 4.83. The van der Waals surface area contributed by atoms with E-state index in [9.17, 15) is 0 Å². The molecule has 0 aliphatic rings. The van der Waals surface area contributed by atoms with Crippen LogP contribution in [0.3, 0.4) is 0 Å². The molecule has 2 rings (SSSR count). The summed E-state index contributed by atoms with van der Waals surface area (Å²) < 4.78 is 0. The summed E-state index contributed by atoms with van der Waals surface area (Å²) in [5, 5.41) is 3.88. The molecule has 0 unspecified atom stereocenters. The fraction of sp³-hybridized carbons (Fsp3) is 0.182. The highest BCUT2D eigenvalue weighted by molar-refractivity contribution is 7.98. The lowest BCUT2D eigenvalue weighted by Crippen LogP contribution is -1.81. The fourth-order valence-corrected chi connectivity index (χ4v) is 3.22. The zero-order valence-electron chi connectivity index (χ0n) is 8.32. The molecule has 16 heavy (non-hydrogen) atoms. The van der Waals surface area contributed by atoms with E-state index in [0.29, 0.717) is 5.88 Å². The van der Waals surface area contributed by atoms with E-state index in [-0.39, 0.29) is 0 Å². The average molecular weight is 290 g/mol. The number of hydrogen-bond acceptors (Lipinski definition) is 3. The van der Waals surface area contributed by atoms with Crippen LogP contribution < -0.4 is 0 Å². The minimum absolute atomic E-state index is 0.488. The maximum absolute atomic E-state index is 5.82. The van der Waals surface area contributed by atoms with Gasteiger partial charge in [0.05, 0.1) is 17.3 Å². The van der Waals surface area contributed by atoms with Gasteiger partial charge < -0.3 is 0 Å². The molecule has 0 atom stereocenters. The lowest BCUT2D eigenvalue weighted by atomic mass is 10.4. The molecule has 1 nitrogen and oxygen atoms in total. The summed E-state index contributed by atoms with van der Waals surface area (Å²) in [6.07, 6.45) is 0. The normalized spacial score (nSPS) is 10.6. The minimum Gasteiger partial charge on any atom is -0.244 e. The Balaban J connectivity index is 1.94. The molecule has 0 saturated carbocycles. The average Bonchev–Trinajstić information content (AvgIpc) is 2.76. The molecule has 0 aliphatic heterocycles. The van der Waals surface area contributed by atoms with Crippen molar-refractivity contribution in [2.24, 2.45) is 0 Å². The third-order valence-electron chi connectivity index (χ3n) is 1.91. The van der Waals surface area contributed by atoms with Gasteiger partial charge in [0, 0.05) is 15.3 Å². The van der Waals surface area contributed by atoms with Crippen LogP contribution in [-0.2, 0) is 11.6 Å². The minimum atomic E-state index is 0.488. The van der Waals surface area contributed by atoms with Crippen molar-refractivity contribution >= 4 is 46.3 Å². The quantitative estimate of drug-likeness (QED) is 0.591. The van der Waals surface area contributed by atoms with E-state index >= 15 is 0 Å². The van der Waals surface area contributed by atoms with Crippen LogP contribution >= 0.6 is 46.3 Å². The number of nitrogens with zero attached hydrogens (tertiary/aromatic N) is 1. The van der Waals surface area contributed by atoms with Gasteiger partial charge in [-0.15, -0.1) is 34.7 Å². The Kier molecular flexibility index (Phi) is 4.53. The van der Waals surface area contributed by atoms with Crippen LogP contribution in [0.25, 0.3) is 0 Å². The first-order chi connectivity index (χ1) is 7.78. The Bertz CT molecular complexity index is 453. The van der Waals surface area contributed by atoms with E-state index < -0.39 is 0 Å². The van der Waals surface area contributed by atoms with Crippen molar-refractivity contribution in [1.29, 1.82) is 0 Å².